The summed E-state index contributed by atoms with van der Waals surface area (Å²) in [5.74, 6) is 0.354. The van der Waals surface area contributed by atoms with E-state index in [0.717, 1.165) is 10.9 Å². The smallest absolute Gasteiger partial charge is 0.419 e. The predicted molar refractivity (Wildman–Crippen MR) is 138 cm³/mol. The van der Waals surface area contributed by atoms with Crippen LogP contribution in [0.3, 0.4) is 0 Å². The number of nitrogens with one attached hydrogen (secondary N) is 1. The lowest BCUT2D eigenvalue weighted by molar-refractivity contribution is -0.127. The number of ether oxygens (including phenoxy) is 1. The third-order valence-electron chi connectivity index (χ3n) is 6.49. The normalized spacial score (nSPS) is 17.9. The quantitative estimate of drug-likeness (QED) is 0.451. The Labute approximate surface area is 208 Å². The van der Waals surface area contributed by atoms with Gasteiger partial charge in [0, 0.05) is 18.0 Å². The summed E-state index contributed by atoms with van der Waals surface area (Å²) in [6.45, 7) is 9.43. The molecule has 0 aliphatic carbocycles. The minimum Gasteiger partial charge on any atom is -0.443 e. The Morgan fingerprint density at radius 1 is 1.06 bits per heavy atom. The number of amides is 1. The molecule has 0 radical (unpaired) electrons. The minimum absolute atomic E-state index is 0.0447. The molecule has 4 aromatic rings. The molecule has 0 unspecified atom stereocenters. The van der Waals surface area contributed by atoms with Crippen LogP contribution in [0, 0.1) is 5.92 Å². The van der Waals surface area contributed by atoms with Crippen molar-refractivity contribution >= 4 is 33.8 Å². The molecule has 5 rings (SSSR count). The molecule has 1 aliphatic heterocycles. The molecule has 8 heteroatoms. The maximum Gasteiger partial charge on any atom is 0.419 e. The van der Waals surface area contributed by atoms with Crippen LogP contribution in [0.5, 0.6) is 0 Å². The van der Waals surface area contributed by atoms with Gasteiger partial charge in [-0.15, -0.1) is 0 Å². The van der Waals surface area contributed by atoms with E-state index in [2.05, 4.69) is 5.32 Å². The number of hydrogen-bond acceptors (Lipinski definition) is 5. The Morgan fingerprint density at radius 3 is 2.42 bits per heavy atom. The summed E-state index contributed by atoms with van der Waals surface area (Å²) in [6.07, 6.45) is 1.43. The first-order chi connectivity index (χ1) is 17.0. The highest BCUT2D eigenvalue weighted by Crippen LogP contribution is 2.32. The molecule has 8 nitrogen and oxygen atoms in total. The molecule has 0 saturated heterocycles. The van der Waals surface area contributed by atoms with E-state index < -0.39 is 17.7 Å². The second kappa shape index (κ2) is 8.62. The number of aromatic nitrogens is 3. The lowest BCUT2D eigenvalue weighted by Gasteiger charge is -2.34. The molecule has 1 N–H and O–H groups in total. The average Bonchev–Trinajstić information content (AvgIpc) is 3.18. The zero-order valence-corrected chi connectivity index (χ0v) is 21.1. The number of para-hydroxylation sites is 2. The molecule has 1 amide bonds. The van der Waals surface area contributed by atoms with Gasteiger partial charge in [-0.05, 0) is 50.5 Å². The van der Waals surface area contributed by atoms with Gasteiger partial charge in [-0.1, -0.05) is 44.2 Å². The van der Waals surface area contributed by atoms with Crippen molar-refractivity contribution in [3.8, 4) is 0 Å². The summed E-state index contributed by atoms with van der Waals surface area (Å²) in [6, 6.07) is 13.5. The fourth-order valence-electron chi connectivity index (χ4n) is 4.85. The number of carbonyl (C=O) groups excluding carboxylic acids is 2. The summed E-state index contributed by atoms with van der Waals surface area (Å²) in [7, 11) is 0. The van der Waals surface area contributed by atoms with Gasteiger partial charge in [0.15, 0.2) is 0 Å². The van der Waals surface area contributed by atoms with E-state index in [1.54, 1.807) is 22.9 Å². The van der Waals surface area contributed by atoms with Gasteiger partial charge < -0.3 is 10.1 Å². The third-order valence-corrected chi connectivity index (χ3v) is 6.49. The predicted octanol–water partition coefficient (Wildman–Crippen LogP) is 4.75. The zero-order chi connectivity index (χ0) is 25.8. The van der Waals surface area contributed by atoms with Crippen LogP contribution in [-0.4, -0.2) is 31.7 Å². The van der Waals surface area contributed by atoms with Crippen LogP contribution < -0.4 is 10.9 Å². The summed E-state index contributed by atoms with van der Waals surface area (Å²) >= 11 is 0. The molecule has 0 spiro atoms. The summed E-state index contributed by atoms with van der Waals surface area (Å²) < 4.78 is 8.62. The van der Waals surface area contributed by atoms with Crippen molar-refractivity contribution in [2.75, 3.05) is 0 Å². The summed E-state index contributed by atoms with van der Waals surface area (Å²) in [4.78, 5) is 44.9. The van der Waals surface area contributed by atoms with E-state index >= 15 is 0 Å². The molecule has 36 heavy (non-hydrogen) atoms. The van der Waals surface area contributed by atoms with Crippen LogP contribution in [-0.2, 0) is 16.0 Å². The molecule has 1 aliphatic rings. The van der Waals surface area contributed by atoms with Gasteiger partial charge in [0.1, 0.15) is 17.5 Å². The molecule has 2 aromatic carbocycles. The zero-order valence-electron chi connectivity index (χ0n) is 21.1. The van der Waals surface area contributed by atoms with Gasteiger partial charge in [-0.3, -0.25) is 18.7 Å². The fourth-order valence-corrected chi connectivity index (χ4v) is 4.85. The number of nitrogens with zero attached hydrogens (tertiary/aromatic N) is 3. The number of hydrogen-bond donors (Lipinski definition) is 1. The highest BCUT2D eigenvalue weighted by molar-refractivity contribution is 5.93. The van der Waals surface area contributed by atoms with Gasteiger partial charge in [0.05, 0.1) is 22.5 Å². The summed E-state index contributed by atoms with van der Waals surface area (Å²) in [5.41, 5.74) is 1.16. The first-order valence-corrected chi connectivity index (χ1v) is 12.2. The van der Waals surface area contributed by atoms with Crippen molar-refractivity contribution in [2.24, 2.45) is 5.92 Å². The Morgan fingerprint density at radius 2 is 1.72 bits per heavy atom. The topological polar surface area (TPSA) is 95.2 Å². The monoisotopic (exact) mass is 486 g/mol. The van der Waals surface area contributed by atoms with E-state index in [-0.39, 0.29) is 29.8 Å². The maximum atomic E-state index is 13.7. The molecule has 186 valence electrons. The average molecular weight is 487 g/mol. The Kier molecular flexibility index (Phi) is 5.70. The number of carbonyl (C=O) groups is 2. The number of benzene rings is 2. The molecule has 0 fully saturated rings. The standard InChI is InChI=1S/C28H30N4O4/c1-16(2)23-24-29-20-12-8-6-11-19(20)26(34)32(24)22(25(33)30-23)14-17-15-31(27(35)36-28(3,4)5)21-13-9-7-10-18(17)21/h6-13,15-16,22-23H,14H2,1-5H3,(H,30,33)/t22-,23+/m1/s1. The molecular weight excluding hydrogens is 456 g/mol. The Balaban J connectivity index is 1.65. The van der Waals surface area contributed by atoms with Crippen LogP contribution in [0.25, 0.3) is 21.8 Å². The van der Waals surface area contributed by atoms with Crippen molar-refractivity contribution in [1.82, 2.24) is 19.4 Å². The molecule has 0 saturated carbocycles. The van der Waals surface area contributed by atoms with Crippen molar-refractivity contribution in [2.45, 2.75) is 58.7 Å². The molecule has 2 aromatic heterocycles. The molecule has 0 bridgehead atoms. The molecule has 3 heterocycles. The van der Waals surface area contributed by atoms with Crippen molar-refractivity contribution in [3.05, 3.63) is 76.5 Å². The van der Waals surface area contributed by atoms with E-state index in [1.165, 1.54) is 4.57 Å². The van der Waals surface area contributed by atoms with Crippen molar-refractivity contribution in [1.29, 1.82) is 0 Å². The first kappa shape index (κ1) is 23.8. The van der Waals surface area contributed by atoms with Crippen LogP contribution in [0.2, 0.25) is 0 Å². The van der Waals surface area contributed by atoms with E-state index in [0.29, 0.717) is 22.2 Å². The van der Waals surface area contributed by atoms with Gasteiger partial charge >= 0.3 is 6.09 Å². The van der Waals surface area contributed by atoms with E-state index in [4.69, 9.17) is 9.72 Å². The van der Waals surface area contributed by atoms with Crippen LogP contribution in [0.1, 0.15) is 58.1 Å². The molecule has 2 atom stereocenters. The minimum atomic E-state index is -0.808. The van der Waals surface area contributed by atoms with E-state index in [1.807, 2.05) is 71.0 Å². The third kappa shape index (κ3) is 4.06. The largest absolute Gasteiger partial charge is 0.443 e. The molecular formula is C28H30N4O4. The van der Waals surface area contributed by atoms with Crippen molar-refractivity contribution in [3.63, 3.8) is 0 Å². The SMILES string of the molecule is CC(C)[C@@H]1NC(=O)[C@@H](Cc2cn(C(=O)OC(C)(C)C)c3ccccc23)n2c1nc1ccccc1c2=O. The van der Waals surface area contributed by atoms with Crippen LogP contribution >= 0.6 is 0 Å². The van der Waals surface area contributed by atoms with Crippen molar-refractivity contribution < 1.29 is 14.3 Å². The van der Waals surface area contributed by atoms with Crippen LogP contribution in [0.15, 0.2) is 59.5 Å². The second-order valence-corrected chi connectivity index (χ2v) is 10.6. The Bertz CT molecular complexity index is 1560. The summed E-state index contributed by atoms with van der Waals surface area (Å²) in [5, 5.41) is 4.38. The van der Waals surface area contributed by atoms with E-state index in [9.17, 15) is 14.4 Å². The van der Waals surface area contributed by atoms with Gasteiger partial charge in [0.25, 0.3) is 5.56 Å². The fraction of sp³-hybridized carbons (Fsp3) is 0.357. The Hall–Kier alpha value is -3.94. The number of fused-ring (bicyclic) bond motifs is 3. The van der Waals surface area contributed by atoms with Crippen LogP contribution in [0.4, 0.5) is 4.79 Å². The maximum absolute atomic E-state index is 13.7. The highest BCUT2D eigenvalue weighted by Gasteiger charge is 2.37. The lowest BCUT2D eigenvalue weighted by Crippen LogP contribution is -2.49. The highest BCUT2D eigenvalue weighted by atomic mass is 16.6. The van der Waals surface area contributed by atoms with Gasteiger partial charge in [-0.25, -0.2) is 9.78 Å². The number of rotatable bonds is 3. The second-order valence-electron chi connectivity index (χ2n) is 10.6. The first-order valence-electron chi connectivity index (χ1n) is 12.2. The lowest BCUT2D eigenvalue weighted by atomic mass is 9.96. The van der Waals surface area contributed by atoms with Gasteiger partial charge in [-0.2, -0.15) is 0 Å². The van der Waals surface area contributed by atoms with Gasteiger partial charge in [0.2, 0.25) is 5.91 Å².